The Morgan fingerprint density at radius 3 is 2.08 bits per heavy atom. The van der Waals surface area contributed by atoms with E-state index in [2.05, 4.69) is 125 Å². The highest BCUT2D eigenvalue weighted by atomic mass is 16.3. The van der Waals surface area contributed by atoms with Crippen molar-refractivity contribution in [3.63, 3.8) is 0 Å². The number of benzene rings is 4. The van der Waals surface area contributed by atoms with E-state index in [4.69, 9.17) is 9.40 Å². The molecule has 0 radical (unpaired) electrons. The van der Waals surface area contributed by atoms with E-state index in [-0.39, 0.29) is 0 Å². The van der Waals surface area contributed by atoms with E-state index in [1.807, 2.05) is 6.26 Å². The number of furan rings is 1. The Labute approximate surface area is 224 Å². The van der Waals surface area contributed by atoms with Crippen molar-refractivity contribution in [2.45, 2.75) is 53.4 Å². The number of imidazole rings is 1. The molecular formula is C35H34N2O. The largest absolute Gasteiger partial charge is 0.464 e. The molecule has 0 aliphatic rings. The van der Waals surface area contributed by atoms with Crippen molar-refractivity contribution in [3.8, 4) is 28.2 Å². The fraction of sp³-hybridized carbons (Fsp3) is 0.229. The van der Waals surface area contributed by atoms with Crippen molar-refractivity contribution in [2.24, 2.45) is 0 Å². The molecule has 2 aromatic heterocycles. The second-order valence-electron chi connectivity index (χ2n) is 11.0. The summed E-state index contributed by atoms with van der Waals surface area (Å²) in [6.45, 7) is 13.4. The van der Waals surface area contributed by atoms with Crippen molar-refractivity contribution in [2.75, 3.05) is 0 Å². The van der Waals surface area contributed by atoms with Crippen LogP contribution in [0.5, 0.6) is 0 Å². The average molecular weight is 499 g/mol. The van der Waals surface area contributed by atoms with Crippen molar-refractivity contribution in [3.05, 3.63) is 107 Å². The van der Waals surface area contributed by atoms with Crippen LogP contribution in [-0.2, 0) is 0 Å². The topological polar surface area (TPSA) is 31.0 Å². The van der Waals surface area contributed by atoms with Crippen LogP contribution in [-0.4, -0.2) is 9.55 Å². The third-order valence-electron chi connectivity index (χ3n) is 7.71. The molecule has 0 bridgehead atoms. The van der Waals surface area contributed by atoms with Crippen LogP contribution < -0.4 is 0 Å². The van der Waals surface area contributed by atoms with Crippen LogP contribution in [0.2, 0.25) is 0 Å². The summed E-state index contributed by atoms with van der Waals surface area (Å²) >= 11 is 0. The molecule has 0 saturated carbocycles. The minimum Gasteiger partial charge on any atom is -0.464 e. The zero-order chi connectivity index (χ0) is 26.6. The van der Waals surface area contributed by atoms with Gasteiger partial charge in [-0.2, -0.15) is 0 Å². The van der Waals surface area contributed by atoms with Gasteiger partial charge in [0.2, 0.25) is 0 Å². The number of aromatic nitrogens is 2. The van der Waals surface area contributed by atoms with Crippen molar-refractivity contribution in [1.82, 2.24) is 9.55 Å². The van der Waals surface area contributed by atoms with Gasteiger partial charge in [0, 0.05) is 5.39 Å². The van der Waals surface area contributed by atoms with E-state index in [0.29, 0.717) is 11.8 Å². The van der Waals surface area contributed by atoms with Gasteiger partial charge in [0.1, 0.15) is 17.7 Å². The monoisotopic (exact) mass is 498 g/mol. The zero-order valence-electron chi connectivity index (χ0n) is 23.0. The Hall–Kier alpha value is -4.11. The molecule has 4 aromatic carbocycles. The molecule has 2 heterocycles. The van der Waals surface area contributed by atoms with Crippen LogP contribution >= 0.6 is 0 Å². The van der Waals surface area contributed by atoms with E-state index >= 15 is 0 Å². The number of nitrogens with zero attached hydrogens (tertiary/aromatic N) is 2. The highest BCUT2D eigenvalue weighted by Gasteiger charge is 2.24. The molecule has 0 fully saturated rings. The van der Waals surface area contributed by atoms with Crippen LogP contribution in [0, 0.1) is 13.8 Å². The van der Waals surface area contributed by atoms with Gasteiger partial charge in [-0.05, 0) is 83.3 Å². The second kappa shape index (κ2) is 9.33. The smallest absolute Gasteiger partial charge is 0.149 e. The van der Waals surface area contributed by atoms with Gasteiger partial charge >= 0.3 is 0 Å². The number of fused-ring (bicyclic) bond motifs is 2. The lowest BCUT2D eigenvalue weighted by molar-refractivity contribution is 0.616. The molecule has 6 aromatic rings. The van der Waals surface area contributed by atoms with Gasteiger partial charge in [-0.15, -0.1) is 0 Å². The number of hydrogen-bond acceptors (Lipinski definition) is 2. The Bertz CT molecular complexity index is 1750. The van der Waals surface area contributed by atoms with Gasteiger partial charge in [-0.3, -0.25) is 4.57 Å². The summed E-state index contributed by atoms with van der Waals surface area (Å²) in [6.07, 6.45) is 1.88. The van der Waals surface area contributed by atoms with Gasteiger partial charge in [0.05, 0.1) is 22.3 Å². The molecule has 0 saturated heterocycles. The predicted molar refractivity (Wildman–Crippen MR) is 159 cm³/mol. The van der Waals surface area contributed by atoms with Gasteiger partial charge in [0.25, 0.3) is 0 Å². The highest BCUT2D eigenvalue weighted by molar-refractivity contribution is 5.98. The van der Waals surface area contributed by atoms with Crippen LogP contribution in [0.1, 0.15) is 61.8 Å². The lowest BCUT2D eigenvalue weighted by Gasteiger charge is -2.22. The summed E-state index contributed by atoms with van der Waals surface area (Å²) in [5.41, 5.74) is 12.9. The van der Waals surface area contributed by atoms with Crippen LogP contribution in [0.4, 0.5) is 0 Å². The van der Waals surface area contributed by atoms with Crippen LogP contribution in [0.15, 0.2) is 89.5 Å². The summed E-state index contributed by atoms with van der Waals surface area (Å²) in [4.78, 5) is 5.22. The Morgan fingerprint density at radius 1 is 0.737 bits per heavy atom. The maximum atomic E-state index is 6.14. The summed E-state index contributed by atoms with van der Waals surface area (Å²) < 4.78 is 8.51. The minimum atomic E-state index is 0.370. The van der Waals surface area contributed by atoms with E-state index in [1.165, 1.54) is 39.1 Å². The van der Waals surface area contributed by atoms with Crippen LogP contribution in [0.3, 0.4) is 0 Å². The van der Waals surface area contributed by atoms with Gasteiger partial charge in [-0.25, -0.2) is 4.98 Å². The molecule has 0 unspecified atom stereocenters. The van der Waals surface area contributed by atoms with Crippen molar-refractivity contribution in [1.29, 1.82) is 0 Å². The number of hydrogen-bond donors (Lipinski definition) is 0. The highest BCUT2D eigenvalue weighted by Crippen LogP contribution is 2.40. The maximum absolute atomic E-state index is 6.14. The Morgan fingerprint density at radius 2 is 1.39 bits per heavy atom. The predicted octanol–water partition coefficient (Wildman–Crippen LogP) is 9.97. The van der Waals surface area contributed by atoms with Gasteiger partial charge in [0.15, 0.2) is 0 Å². The normalized spacial score (nSPS) is 11.9. The average Bonchev–Trinajstić information content (AvgIpc) is 3.49. The fourth-order valence-electron chi connectivity index (χ4n) is 5.83. The van der Waals surface area contributed by atoms with Crippen molar-refractivity contribution >= 4 is 22.0 Å². The number of rotatable bonds is 5. The number of para-hydroxylation sites is 3. The molecule has 6 rings (SSSR count). The molecule has 0 atom stereocenters. The molecule has 0 N–H and O–H groups in total. The first kappa shape index (κ1) is 24.2. The quantitative estimate of drug-likeness (QED) is 0.237. The van der Waals surface area contributed by atoms with Crippen LogP contribution in [0.25, 0.3) is 50.2 Å². The maximum Gasteiger partial charge on any atom is 0.149 e. The molecule has 38 heavy (non-hydrogen) atoms. The van der Waals surface area contributed by atoms with E-state index in [0.717, 1.165) is 33.4 Å². The summed E-state index contributed by atoms with van der Waals surface area (Å²) in [5, 5.41) is 1.08. The first-order valence-corrected chi connectivity index (χ1v) is 13.5. The Balaban J connectivity index is 1.68. The van der Waals surface area contributed by atoms with E-state index in [9.17, 15) is 0 Å². The molecule has 0 amide bonds. The molecule has 3 heteroatoms. The molecule has 0 aliphatic carbocycles. The Kier molecular flexibility index (Phi) is 5.95. The first-order valence-electron chi connectivity index (χ1n) is 13.5. The standard InChI is InChI=1S/C35H34N2O/c1-21(2)26-13-10-14-27(22(3)4)34(26)37-31-16-8-7-15-30(31)36-35(37)29-20-38-32-18-17-25(19-28(29)32)33-23(5)11-9-12-24(33)6/h7-22H,1-6H3. The lowest BCUT2D eigenvalue weighted by Crippen LogP contribution is -2.08. The molecule has 0 aliphatic heterocycles. The van der Waals surface area contributed by atoms with E-state index in [1.54, 1.807) is 0 Å². The summed E-state index contributed by atoms with van der Waals surface area (Å²) in [7, 11) is 0. The summed E-state index contributed by atoms with van der Waals surface area (Å²) in [5.74, 6) is 1.66. The molecule has 190 valence electrons. The fourth-order valence-corrected chi connectivity index (χ4v) is 5.83. The minimum absolute atomic E-state index is 0.370. The molecular weight excluding hydrogens is 464 g/mol. The zero-order valence-corrected chi connectivity index (χ0v) is 23.0. The number of aryl methyl sites for hydroxylation is 2. The molecule has 0 spiro atoms. The SMILES string of the molecule is Cc1cccc(C)c1-c1ccc2occ(-c3nc4ccccc4n3-c3c(C(C)C)cccc3C(C)C)c2c1. The third kappa shape index (κ3) is 3.85. The first-order chi connectivity index (χ1) is 18.3. The second-order valence-corrected chi connectivity index (χ2v) is 11.0. The van der Waals surface area contributed by atoms with E-state index < -0.39 is 0 Å². The molecule has 3 nitrogen and oxygen atoms in total. The van der Waals surface area contributed by atoms with Gasteiger partial charge < -0.3 is 4.42 Å². The third-order valence-corrected chi connectivity index (χ3v) is 7.71. The lowest BCUT2D eigenvalue weighted by atomic mass is 9.92. The van der Waals surface area contributed by atoms with Crippen molar-refractivity contribution < 1.29 is 4.42 Å². The van der Waals surface area contributed by atoms with Gasteiger partial charge in [-0.1, -0.05) is 82.3 Å². The summed E-state index contributed by atoms with van der Waals surface area (Å²) in [6, 6.07) is 28.2.